The van der Waals surface area contributed by atoms with Crippen molar-refractivity contribution in [2.75, 3.05) is 21.1 Å². The molecule has 0 rings (SSSR count). The van der Waals surface area contributed by atoms with E-state index in [0.29, 0.717) is 17.7 Å². The maximum Gasteiger partial charge on any atom is 0.138 e. The van der Waals surface area contributed by atoms with E-state index in [1.54, 1.807) is 6.92 Å². The minimum Gasteiger partial charge on any atom is -0.328 e. The van der Waals surface area contributed by atoms with Gasteiger partial charge in [-0.1, -0.05) is 13.8 Å². The average molecular weight is 200 g/mol. The molecule has 0 N–H and O–H groups in total. The van der Waals surface area contributed by atoms with Gasteiger partial charge in [0.05, 0.1) is 33.1 Å². The molecule has 0 spiro atoms. The van der Waals surface area contributed by atoms with Gasteiger partial charge >= 0.3 is 0 Å². The van der Waals surface area contributed by atoms with Gasteiger partial charge < -0.3 is 4.48 Å². The first kappa shape index (κ1) is 13.6. The number of hydrogen-bond donors (Lipinski definition) is 0. The van der Waals surface area contributed by atoms with Crippen LogP contribution in [0.5, 0.6) is 0 Å². The molecule has 0 amide bonds. The molecule has 2 atom stereocenters. The van der Waals surface area contributed by atoms with Gasteiger partial charge in [-0.15, -0.1) is 0 Å². The second kappa shape index (κ2) is 4.92. The molecule has 0 aromatic heterocycles. The van der Waals surface area contributed by atoms with Gasteiger partial charge in [-0.05, 0) is 26.2 Å². The maximum atomic E-state index is 11.6. The minimum atomic E-state index is 0.204. The number of carbonyl (C=O) groups excluding carboxylic acids is 1. The van der Waals surface area contributed by atoms with Crippen LogP contribution >= 0.6 is 0 Å². The molecule has 0 fully saturated rings. The average Bonchev–Trinajstić information content (AvgIpc) is 1.96. The summed E-state index contributed by atoms with van der Waals surface area (Å²) in [6.45, 7) is 8.25. The lowest BCUT2D eigenvalue weighted by atomic mass is 9.87. The highest BCUT2D eigenvalue weighted by Gasteiger charge is 2.31. The Morgan fingerprint density at radius 1 is 1.14 bits per heavy atom. The minimum absolute atomic E-state index is 0.204. The molecule has 0 aromatic carbocycles. The summed E-state index contributed by atoms with van der Waals surface area (Å²) in [4.78, 5) is 11.6. The predicted octanol–water partition coefficient (Wildman–Crippen LogP) is 2.33. The maximum absolute atomic E-state index is 11.6. The summed E-state index contributed by atoms with van der Waals surface area (Å²) < 4.78 is 0.858. The van der Waals surface area contributed by atoms with Crippen molar-refractivity contribution >= 4 is 5.78 Å². The highest BCUT2D eigenvalue weighted by molar-refractivity contribution is 5.78. The van der Waals surface area contributed by atoms with Crippen LogP contribution in [0.1, 0.15) is 34.1 Å². The van der Waals surface area contributed by atoms with Crippen LogP contribution in [-0.2, 0) is 4.79 Å². The first-order valence-corrected chi connectivity index (χ1v) is 5.47. The molecule has 2 heteroatoms. The smallest absolute Gasteiger partial charge is 0.138 e. The van der Waals surface area contributed by atoms with Crippen LogP contribution in [0.15, 0.2) is 0 Å². The molecule has 2 nitrogen and oxygen atoms in total. The molecule has 84 valence electrons. The quantitative estimate of drug-likeness (QED) is 0.623. The number of ketones is 1. The summed E-state index contributed by atoms with van der Waals surface area (Å²) in [5, 5.41) is 0. The molecule has 0 radical (unpaired) electrons. The Morgan fingerprint density at radius 2 is 1.57 bits per heavy atom. The van der Waals surface area contributed by atoms with Crippen molar-refractivity contribution in [3.63, 3.8) is 0 Å². The zero-order valence-corrected chi connectivity index (χ0v) is 10.8. The Bertz CT molecular complexity index is 191. The van der Waals surface area contributed by atoms with E-state index >= 15 is 0 Å². The predicted molar refractivity (Wildman–Crippen MR) is 61.1 cm³/mol. The van der Waals surface area contributed by atoms with Gasteiger partial charge in [0.2, 0.25) is 0 Å². The first-order valence-electron chi connectivity index (χ1n) is 5.47. The van der Waals surface area contributed by atoms with E-state index < -0.39 is 0 Å². The first-order chi connectivity index (χ1) is 6.16. The van der Waals surface area contributed by atoms with E-state index in [0.717, 1.165) is 10.9 Å². The fourth-order valence-corrected chi connectivity index (χ4v) is 1.75. The van der Waals surface area contributed by atoms with E-state index in [9.17, 15) is 4.79 Å². The summed E-state index contributed by atoms with van der Waals surface area (Å²) in [7, 11) is 6.46. The van der Waals surface area contributed by atoms with E-state index in [2.05, 4.69) is 41.9 Å². The summed E-state index contributed by atoms with van der Waals surface area (Å²) >= 11 is 0. The topological polar surface area (TPSA) is 17.1 Å². The highest BCUT2D eigenvalue weighted by Crippen LogP contribution is 2.22. The molecular weight excluding hydrogens is 174 g/mol. The van der Waals surface area contributed by atoms with Crippen molar-refractivity contribution in [3.05, 3.63) is 0 Å². The number of Topliss-reactive ketones (excluding diaryl/α,β-unsaturated/α-hetero) is 1. The van der Waals surface area contributed by atoms with Gasteiger partial charge in [-0.2, -0.15) is 0 Å². The Labute approximate surface area is 88.9 Å². The van der Waals surface area contributed by atoms with Gasteiger partial charge in [0.25, 0.3) is 0 Å². The fourth-order valence-electron chi connectivity index (χ4n) is 1.75. The standard InChI is InChI=1S/C12H26NO/c1-9(2)8-12(11(4)14)10(3)13(5,6)7/h9-10,12H,8H2,1-7H3/q+1. The third-order valence-corrected chi connectivity index (χ3v) is 3.05. The summed E-state index contributed by atoms with van der Waals surface area (Å²) in [5.74, 6) is 1.13. The van der Waals surface area contributed by atoms with Crippen molar-refractivity contribution in [1.29, 1.82) is 0 Å². The monoisotopic (exact) mass is 200 g/mol. The molecule has 0 aliphatic rings. The van der Waals surface area contributed by atoms with Crippen LogP contribution in [0.25, 0.3) is 0 Å². The van der Waals surface area contributed by atoms with Crippen molar-refractivity contribution in [3.8, 4) is 0 Å². The highest BCUT2D eigenvalue weighted by atomic mass is 16.1. The molecule has 2 unspecified atom stereocenters. The second-order valence-corrected chi connectivity index (χ2v) is 5.70. The Balaban J connectivity index is 4.58. The molecule has 0 aliphatic carbocycles. The summed E-state index contributed by atoms with van der Waals surface area (Å²) in [6.07, 6.45) is 1.01. The van der Waals surface area contributed by atoms with Gasteiger partial charge in [-0.25, -0.2) is 0 Å². The van der Waals surface area contributed by atoms with E-state index in [1.807, 2.05) is 0 Å². The largest absolute Gasteiger partial charge is 0.328 e. The molecule has 0 saturated heterocycles. The van der Waals surface area contributed by atoms with Crippen LogP contribution in [0.2, 0.25) is 0 Å². The van der Waals surface area contributed by atoms with Crippen molar-refractivity contribution in [2.24, 2.45) is 11.8 Å². The lowest BCUT2D eigenvalue weighted by Gasteiger charge is -2.36. The molecule has 14 heavy (non-hydrogen) atoms. The van der Waals surface area contributed by atoms with Gasteiger partial charge in [0.1, 0.15) is 5.78 Å². The van der Waals surface area contributed by atoms with Crippen LogP contribution < -0.4 is 0 Å². The Kier molecular flexibility index (Phi) is 4.79. The number of hydrogen-bond acceptors (Lipinski definition) is 1. The fraction of sp³-hybridized carbons (Fsp3) is 0.917. The second-order valence-electron chi connectivity index (χ2n) is 5.70. The third kappa shape index (κ3) is 4.23. The number of rotatable bonds is 5. The van der Waals surface area contributed by atoms with Crippen molar-refractivity contribution in [2.45, 2.75) is 40.2 Å². The van der Waals surface area contributed by atoms with Crippen molar-refractivity contribution < 1.29 is 9.28 Å². The SMILES string of the molecule is CC(=O)C(CC(C)C)C(C)[N+](C)(C)C. The summed E-state index contributed by atoms with van der Waals surface area (Å²) in [5.41, 5.74) is 0. The Morgan fingerprint density at radius 3 is 1.79 bits per heavy atom. The van der Waals surface area contributed by atoms with Crippen LogP contribution in [0, 0.1) is 11.8 Å². The summed E-state index contributed by atoms with van der Waals surface area (Å²) in [6, 6.07) is 0.398. The van der Waals surface area contributed by atoms with Gasteiger partial charge in [0.15, 0.2) is 0 Å². The van der Waals surface area contributed by atoms with Crippen LogP contribution in [0.4, 0.5) is 0 Å². The molecule has 0 saturated carbocycles. The van der Waals surface area contributed by atoms with E-state index in [1.165, 1.54) is 0 Å². The van der Waals surface area contributed by atoms with E-state index in [-0.39, 0.29) is 5.92 Å². The Hall–Kier alpha value is -0.370. The van der Waals surface area contributed by atoms with Gasteiger partial charge in [0, 0.05) is 0 Å². The van der Waals surface area contributed by atoms with Crippen LogP contribution in [-0.4, -0.2) is 37.5 Å². The van der Waals surface area contributed by atoms with Crippen molar-refractivity contribution in [1.82, 2.24) is 0 Å². The lowest BCUT2D eigenvalue weighted by molar-refractivity contribution is -0.896. The van der Waals surface area contributed by atoms with Crippen LogP contribution in [0.3, 0.4) is 0 Å². The zero-order chi connectivity index (χ0) is 11.5. The number of quaternary nitrogens is 1. The number of carbonyl (C=O) groups is 1. The van der Waals surface area contributed by atoms with Gasteiger partial charge in [-0.3, -0.25) is 4.79 Å². The molecule has 0 aliphatic heterocycles. The zero-order valence-electron chi connectivity index (χ0n) is 10.8. The molecule has 0 heterocycles. The normalized spacial score (nSPS) is 16.9. The molecular formula is C12H26NO+. The third-order valence-electron chi connectivity index (χ3n) is 3.05. The molecule has 0 bridgehead atoms. The van der Waals surface area contributed by atoms with E-state index in [4.69, 9.17) is 0 Å². The molecule has 0 aromatic rings. The lowest BCUT2D eigenvalue weighted by Crippen LogP contribution is -2.49. The number of nitrogens with zero attached hydrogens (tertiary/aromatic N) is 1.